The van der Waals surface area contributed by atoms with Crippen molar-refractivity contribution >= 4 is 17.7 Å². The number of rotatable bonds is 5. The number of aliphatic carboxylic acids is 1. The molecule has 0 unspecified atom stereocenters. The van der Waals surface area contributed by atoms with E-state index in [1.165, 1.54) is 13.0 Å². The zero-order chi connectivity index (χ0) is 17.9. The molecule has 0 atom stereocenters. The number of anilines is 1. The number of carboxylic acids is 1. The Bertz CT molecular complexity index is 778. The predicted octanol–water partition coefficient (Wildman–Crippen LogP) is 4.31. The van der Waals surface area contributed by atoms with Crippen LogP contribution in [0.3, 0.4) is 0 Å². The summed E-state index contributed by atoms with van der Waals surface area (Å²) in [5.41, 5.74) is 0.908. The molecular formula is C18H17F2NO3. The molecule has 0 heterocycles. The van der Waals surface area contributed by atoms with Gasteiger partial charge in [0.05, 0.1) is 0 Å². The Morgan fingerprint density at radius 1 is 1.17 bits per heavy atom. The fraction of sp³-hybridized carbons (Fsp3) is 0.167. The van der Waals surface area contributed by atoms with E-state index in [0.29, 0.717) is 5.75 Å². The van der Waals surface area contributed by atoms with Crippen molar-refractivity contribution in [2.24, 2.45) is 0 Å². The van der Waals surface area contributed by atoms with Gasteiger partial charge in [-0.2, -0.15) is 0 Å². The average molecular weight is 333 g/mol. The second kappa shape index (κ2) is 7.12. The largest absolute Gasteiger partial charge is 0.478 e. The maximum Gasteiger partial charge on any atom is 0.331 e. The van der Waals surface area contributed by atoms with E-state index >= 15 is 0 Å². The summed E-state index contributed by atoms with van der Waals surface area (Å²) in [4.78, 5) is 12.6. The maximum absolute atomic E-state index is 14.2. The van der Waals surface area contributed by atoms with Crippen molar-refractivity contribution < 1.29 is 23.4 Å². The molecule has 0 radical (unpaired) electrons. The van der Waals surface area contributed by atoms with Gasteiger partial charge in [-0.15, -0.1) is 0 Å². The topological polar surface area (TPSA) is 49.8 Å². The summed E-state index contributed by atoms with van der Waals surface area (Å²) >= 11 is 0. The van der Waals surface area contributed by atoms with Gasteiger partial charge in [0.1, 0.15) is 5.75 Å². The molecule has 0 spiro atoms. The minimum absolute atomic E-state index is 0.0267. The van der Waals surface area contributed by atoms with Gasteiger partial charge in [0.25, 0.3) is 0 Å². The quantitative estimate of drug-likeness (QED) is 0.828. The van der Waals surface area contributed by atoms with Crippen molar-refractivity contribution in [1.29, 1.82) is 0 Å². The Morgan fingerprint density at radius 2 is 1.79 bits per heavy atom. The molecule has 0 aromatic heterocycles. The van der Waals surface area contributed by atoms with E-state index in [1.807, 2.05) is 25.1 Å². The Hall–Kier alpha value is -2.89. The van der Waals surface area contributed by atoms with Crippen LogP contribution in [0.1, 0.15) is 12.5 Å². The molecule has 0 amide bonds. The third kappa shape index (κ3) is 4.10. The van der Waals surface area contributed by atoms with E-state index in [2.05, 4.69) is 0 Å². The summed E-state index contributed by atoms with van der Waals surface area (Å²) in [6.07, 6.45) is 1.19. The fourth-order valence-corrected chi connectivity index (χ4v) is 2.02. The van der Waals surface area contributed by atoms with Crippen LogP contribution in [0.5, 0.6) is 11.5 Å². The number of ether oxygens (including phenoxy) is 1. The molecule has 6 heteroatoms. The van der Waals surface area contributed by atoms with Crippen molar-refractivity contribution in [3.63, 3.8) is 0 Å². The molecule has 0 saturated heterocycles. The Balaban J connectivity index is 2.34. The minimum Gasteiger partial charge on any atom is -0.478 e. The summed E-state index contributed by atoms with van der Waals surface area (Å²) in [7, 11) is 3.68. The highest BCUT2D eigenvalue weighted by molar-refractivity contribution is 5.91. The summed E-state index contributed by atoms with van der Waals surface area (Å²) in [6, 6.07) is 8.85. The molecule has 0 bridgehead atoms. The van der Waals surface area contributed by atoms with E-state index in [0.717, 1.165) is 17.8 Å². The monoisotopic (exact) mass is 333 g/mol. The number of benzene rings is 2. The number of carboxylic acid groups (broad SMARTS) is 1. The summed E-state index contributed by atoms with van der Waals surface area (Å²) in [5, 5.41) is 8.82. The number of nitrogens with zero attached hydrogens (tertiary/aromatic N) is 1. The van der Waals surface area contributed by atoms with Crippen molar-refractivity contribution in [3.8, 4) is 11.5 Å². The first-order valence-electron chi connectivity index (χ1n) is 7.14. The van der Waals surface area contributed by atoms with E-state index in [4.69, 9.17) is 9.84 Å². The minimum atomic E-state index is -1.16. The van der Waals surface area contributed by atoms with Gasteiger partial charge in [-0.1, -0.05) is 6.07 Å². The molecule has 1 N–H and O–H groups in total. The molecular weight excluding hydrogens is 316 g/mol. The van der Waals surface area contributed by atoms with Crippen LogP contribution < -0.4 is 9.64 Å². The van der Waals surface area contributed by atoms with E-state index in [9.17, 15) is 13.6 Å². The molecule has 0 fully saturated rings. The third-order valence-corrected chi connectivity index (χ3v) is 3.30. The van der Waals surface area contributed by atoms with Crippen LogP contribution in [0.15, 0.2) is 42.0 Å². The average Bonchev–Trinajstić information content (AvgIpc) is 2.51. The van der Waals surface area contributed by atoms with Crippen LogP contribution in [-0.4, -0.2) is 25.2 Å². The molecule has 2 aromatic carbocycles. The van der Waals surface area contributed by atoms with Crippen molar-refractivity contribution in [1.82, 2.24) is 0 Å². The van der Waals surface area contributed by atoms with Crippen LogP contribution in [-0.2, 0) is 4.79 Å². The molecule has 0 saturated carbocycles. The van der Waals surface area contributed by atoms with Crippen molar-refractivity contribution in [3.05, 3.63) is 59.2 Å². The Labute approximate surface area is 138 Å². The van der Waals surface area contributed by atoms with E-state index in [-0.39, 0.29) is 11.1 Å². The highest BCUT2D eigenvalue weighted by Crippen LogP contribution is 2.31. The Kier molecular flexibility index (Phi) is 5.18. The van der Waals surface area contributed by atoms with Crippen LogP contribution in [0, 0.1) is 11.6 Å². The smallest absolute Gasteiger partial charge is 0.331 e. The lowest BCUT2D eigenvalue weighted by Gasteiger charge is -2.14. The van der Waals surface area contributed by atoms with Gasteiger partial charge in [-0.3, -0.25) is 0 Å². The number of halogens is 2. The predicted molar refractivity (Wildman–Crippen MR) is 88.5 cm³/mol. The first kappa shape index (κ1) is 17.5. The van der Waals surface area contributed by atoms with Crippen molar-refractivity contribution in [2.75, 3.05) is 19.0 Å². The molecule has 0 aliphatic heterocycles. The molecule has 0 aliphatic carbocycles. The standard InChI is InChI=1S/C18H17F2NO3/c1-11(18(22)23)7-12-8-15(19)17(16(20)9-12)24-14-6-4-5-13(10-14)21(2)3/h4-10H,1-3H3,(H,22,23). The fourth-order valence-electron chi connectivity index (χ4n) is 2.02. The van der Waals surface area contributed by atoms with Gasteiger partial charge in [0.2, 0.25) is 0 Å². The lowest BCUT2D eigenvalue weighted by Crippen LogP contribution is -2.08. The van der Waals surface area contributed by atoms with E-state index < -0.39 is 23.4 Å². The zero-order valence-electron chi connectivity index (χ0n) is 13.5. The summed E-state index contributed by atoms with van der Waals surface area (Å²) in [6.45, 7) is 1.34. The molecule has 0 aliphatic rings. The number of hydrogen-bond acceptors (Lipinski definition) is 3. The SMILES string of the molecule is CC(=Cc1cc(F)c(Oc2cccc(N(C)C)c2)c(F)c1)C(=O)O. The molecule has 2 rings (SSSR count). The van der Waals surface area contributed by atoms with Gasteiger partial charge in [0.15, 0.2) is 17.4 Å². The number of carbonyl (C=O) groups is 1. The van der Waals surface area contributed by atoms with Crippen LogP contribution in [0.25, 0.3) is 6.08 Å². The van der Waals surface area contributed by atoms with Gasteiger partial charge >= 0.3 is 5.97 Å². The van der Waals surface area contributed by atoms with Gasteiger partial charge in [-0.05, 0) is 42.8 Å². The first-order valence-corrected chi connectivity index (χ1v) is 7.14. The maximum atomic E-state index is 14.2. The van der Waals surface area contributed by atoms with Crippen LogP contribution in [0.4, 0.5) is 14.5 Å². The van der Waals surface area contributed by atoms with Gasteiger partial charge in [-0.25, -0.2) is 13.6 Å². The third-order valence-electron chi connectivity index (χ3n) is 3.30. The highest BCUT2D eigenvalue weighted by Gasteiger charge is 2.14. The second-order valence-corrected chi connectivity index (χ2v) is 5.44. The molecule has 126 valence electrons. The summed E-state index contributed by atoms with van der Waals surface area (Å²) in [5.74, 6) is -3.21. The van der Waals surface area contributed by atoms with Gasteiger partial charge < -0.3 is 14.7 Å². The van der Waals surface area contributed by atoms with Gasteiger partial charge in [0, 0.05) is 31.4 Å². The molecule has 24 heavy (non-hydrogen) atoms. The van der Waals surface area contributed by atoms with Crippen LogP contribution in [0.2, 0.25) is 0 Å². The lowest BCUT2D eigenvalue weighted by molar-refractivity contribution is -0.132. The highest BCUT2D eigenvalue weighted by atomic mass is 19.1. The van der Waals surface area contributed by atoms with Crippen molar-refractivity contribution in [2.45, 2.75) is 6.92 Å². The molecule has 2 aromatic rings. The van der Waals surface area contributed by atoms with E-state index in [1.54, 1.807) is 18.2 Å². The summed E-state index contributed by atoms with van der Waals surface area (Å²) < 4.78 is 33.6. The Morgan fingerprint density at radius 3 is 2.33 bits per heavy atom. The zero-order valence-corrected chi connectivity index (χ0v) is 13.5. The number of hydrogen-bond donors (Lipinski definition) is 1. The molecule has 4 nitrogen and oxygen atoms in total. The first-order chi connectivity index (χ1) is 11.3. The normalized spacial score (nSPS) is 11.3. The second-order valence-electron chi connectivity index (χ2n) is 5.44. The lowest BCUT2D eigenvalue weighted by atomic mass is 10.1. The van der Waals surface area contributed by atoms with Crippen LogP contribution >= 0.6 is 0 Å².